The van der Waals surface area contributed by atoms with Gasteiger partial charge in [0, 0.05) is 12.4 Å². The summed E-state index contributed by atoms with van der Waals surface area (Å²) in [6.07, 6.45) is 0. The van der Waals surface area contributed by atoms with Crippen LogP contribution in [0, 0.1) is 6.92 Å². The number of nitrogens with zero attached hydrogens (tertiary/aromatic N) is 3. The second-order valence-electron chi connectivity index (χ2n) is 4.14. The van der Waals surface area contributed by atoms with E-state index in [4.69, 9.17) is 10.2 Å². The number of thiazole rings is 1. The number of rotatable bonds is 6. The number of carbonyl (C=O) groups is 3. The normalized spacial score (nSPS) is 10.1. The number of carbonyl (C=O) groups excluding carboxylic acids is 1. The molecule has 1 aromatic heterocycles. The lowest BCUT2D eigenvalue weighted by Gasteiger charge is -2.25. The number of aryl methyl sites for hydroxylation is 1. The van der Waals surface area contributed by atoms with E-state index in [9.17, 15) is 14.4 Å². The van der Waals surface area contributed by atoms with Crippen molar-refractivity contribution >= 4 is 29.3 Å². The van der Waals surface area contributed by atoms with Gasteiger partial charge in [0.1, 0.15) is 13.1 Å². The van der Waals surface area contributed by atoms with Crippen molar-refractivity contribution in [1.82, 2.24) is 14.8 Å². The molecule has 0 spiro atoms. The molecule has 2 amide bonds. The second-order valence-corrected chi connectivity index (χ2v) is 5.20. The van der Waals surface area contributed by atoms with Crippen molar-refractivity contribution < 1.29 is 24.6 Å². The maximum absolute atomic E-state index is 12.0. The van der Waals surface area contributed by atoms with E-state index < -0.39 is 31.1 Å². The summed E-state index contributed by atoms with van der Waals surface area (Å²) in [7, 11) is 1.47. The number of hydrogen-bond donors (Lipinski definition) is 2. The number of aromatic nitrogens is 1. The smallest absolute Gasteiger partial charge is 0.323 e. The van der Waals surface area contributed by atoms with Crippen molar-refractivity contribution in [2.45, 2.75) is 13.5 Å². The van der Waals surface area contributed by atoms with E-state index in [1.165, 1.54) is 23.3 Å². The minimum absolute atomic E-state index is 0.193. The van der Waals surface area contributed by atoms with E-state index in [-0.39, 0.29) is 6.54 Å². The van der Waals surface area contributed by atoms with Crippen LogP contribution in [-0.4, -0.2) is 63.1 Å². The molecule has 1 heterocycles. The summed E-state index contributed by atoms with van der Waals surface area (Å²) in [6.45, 7) is 0.702. The van der Waals surface area contributed by atoms with Crippen LogP contribution in [0.15, 0.2) is 5.38 Å². The first-order valence-electron chi connectivity index (χ1n) is 5.64. The predicted molar refractivity (Wildman–Crippen MR) is 70.6 cm³/mol. The van der Waals surface area contributed by atoms with Crippen molar-refractivity contribution in [2.24, 2.45) is 0 Å². The summed E-state index contributed by atoms with van der Waals surface area (Å²) in [5.74, 6) is -2.53. The van der Waals surface area contributed by atoms with Gasteiger partial charge in [-0.2, -0.15) is 0 Å². The van der Waals surface area contributed by atoms with Crippen molar-refractivity contribution in [3.05, 3.63) is 16.1 Å². The van der Waals surface area contributed by atoms with Crippen LogP contribution in [-0.2, 0) is 16.1 Å². The first-order valence-corrected chi connectivity index (χ1v) is 6.52. The molecule has 110 valence electrons. The van der Waals surface area contributed by atoms with Crippen LogP contribution in [0.2, 0.25) is 0 Å². The van der Waals surface area contributed by atoms with E-state index in [0.717, 1.165) is 9.91 Å². The summed E-state index contributed by atoms with van der Waals surface area (Å²) in [5, 5.41) is 20.1. The van der Waals surface area contributed by atoms with Crippen LogP contribution in [0.4, 0.5) is 4.79 Å². The molecule has 0 aliphatic carbocycles. The number of aliphatic carboxylic acids is 2. The van der Waals surface area contributed by atoms with Crippen LogP contribution < -0.4 is 0 Å². The molecule has 0 bridgehead atoms. The van der Waals surface area contributed by atoms with Gasteiger partial charge >= 0.3 is 18.0 Å². The Morgan fingerprint density at radius 3 is 2.20 bits per heavy atom. The average Bonchev–Trinajstić information content (AvgIpc) is 2.71. The Morgan fingerprint density at radius 1 is 1.25 bits per heavy atom. The van der Waals surface area contributed by atoms with Gasteiger partial charge in [-0.25, -0.2) is 9.78 Å². The first kappa shape index (κ1) is 15.9. The summed E-state index contributed by atoms with van der Waals surface area (Å²) >= 11 is 1.44. The largest absolute Gasteiger partial charge is 0.480 e. The molecule has 0 saturated carbocycles. The molecule has 1 rings (SSSR count). The molecular weight excluding hydrogens is 286 g/mol. The van der Waals surface area contributed by atoms with Crippen molar-refractivity contribution in [1.29, 1.82) is 0 Å². The van der Waals surface area contributed by atoms with E-state index >= 15 is 0 Å². The minimum atomic E-state index is -1.27. The summed E-state index contributed by atoms with van der Waals surface area (Å²) in [4.78, 5) is 39.5. The zero-order valence-corrected chi connectivity index (χ0v) is 11.9. The lowest BCUT2D eigenvalue weighted by Crippen LogP contribution is -2.45. The molecule has 9 heteroatoms. The molecular formula is C11H15N3O5S. The van der Waals surface area contributed by atoms with Gasteiger partial charge in [-0.15, -0.1) is 11.3 Å². The fourth-order valence-electron chi connectivity index (χ4n) is 1.55. The lowest BCUT2D eigenvalue weighted by molar-refractivity contribution is -0.140. The maximum Gasteiger partial charge on any atom is 0.323 e. The highest BCUT2D eigenvalue weighted by atomic mass is 32.1. The summed E-state index contributed by atoms with van der Waals surface area (Å²) < 4.78 is 0. The van der Waals surface area contributed by atoms with Crippen LogP contribution in [0.5, 0.6) is 0 Å². The van der Waals surface area contributed by atoms with Gasteiger partial charge in [0.05, 0.1) is 17.2 Å². The molecule has 0 aromatic carbocycles. The van der Waals surface area contributed by atoms with Gasteiger partial charge in [0.25, 0.3) is 0 Å². The highest BCUT2D eigenvalue weighted by molar-refractivity contribution is 7.09. The van der Waals surface area contributed by atoms with E-state index in [1.54, 1.807) is 5.38 Å². The molecule has 1 aromatic rings. The number of urea groups is 1. The molecule has 20 heavy (non-hydrogen) atoms. The quantitative estimate of drug-likeness (QED) is 0.790. The Bertz CT molecular complexity index is 500. The first-order chi connectivity index (χ1) is 9.29. The summed E-state index contributed by atoms with van der Waals surface area (Å²) in [6, 6.07) is -0.666. The fraction of sp³-hybridized carbons (Fsp3) is 0.455. The van der Waals surface area contributed by atoms with Crippen LogP contribution in [0.1, 0.15) is 10.7 Å². The van der Waals surface area contributed by atoms with Crippen LogP contribution in [0.3, 0.4) is 0 Å². The number of hydrogen-bond acceptors (Lipinski definition) is 5. The Labute approximate surface area is 119 Å². The highest BCUT2D eigenvalue weighted by Crippen LogP contribution is 2.10. The number of amides is 2. The second kappa shape index (κ2) is 6.85. The Morgan fingerprint density at radius 2 is 1.80 bits per heavy atom. The fourth-order valence-corrected chi connectivity index (χ4v) is 2.15. The number of carboxylic acids is 2. The van der Waals surface area contributed by atoms with Crippen LogP contribution >= 0.6 is 11.3 Å². The summed E-state index contributed by atoms with van der Waals surface area (Å²) in [5.41, 5.74) is 0.675. The van der Waals surface area contributed by atoms with Gasteiger partial charge in [0.15, 0.2) is 0 Å². The van der Waals surface area contributed by atoms with Crippen molar-refractivity contribution in [3.63, 3.8) is 0 Å². The Hall–Kier alpha value is -2.16. The molecule has 2 N–H and O–H groups in total. The SMILES string of the molecule is Cc1nc(CN(C)C(=O)N(CC(=O)O)CC(=O)O)cs1. The zero-order valence-electron chi connectivity index (χ0n) is 11.1. The van der Waals surface area contributed by atoms with E-state index in [1.807, 2.05) is 6.92 Å². The van der Waals surface area contributed by atoms with Gasteiger partial charge in [-0.3, -0.25) is 9.59 Å². The predicted octanol–water partition coefficient (Wildman–Crippen LogP) is 0.475. The zero-order chi connectivity index (χ0) is 15.3. The highest BCUT2D eigenvalue weighted by Gasteiger charge is 2.23. The van der Waals surface area contributed by atoms with E-state index in [2.05, 4.69) is 4.98 Å². The molecule has 0 fully saturated rings. The standard InChI is InChI=1S/C11H15N3O5S/c1-7-12-8(6-20-7)3-13(2)11(19)14(4-9(15)16)5-10(17)18/h6H,3-5H2,1-2H3,(H,15,16)(H,17,18). The molecule has 0 aliphatic rings. The monoisotopic (exact) mass is 301 g/mol. The van der Waals surface area contributed by atoms with Gasteiger partial charge in [-0.1, -0.05) is 0 Å². The van der Waals surface area contributed by atoms with Crippen LogP contribution in [0.25, 0.3) is 0 Å². The maximum atomic E-state index is 12.0. The Kier molecular flexibility index (Phi) is 5.44. The average molecular weight is 301 g/mol. The molecule has 0 saturated heterocycles. The Balaban J connectivity index is 2.71. The van der Waals surface area contributed by atoms with Gasteiger partial charge in [-0.05, 0) is 6.92 Å². The lowest BCUT2D eigenvalue weighted by atomic mass is 10.4. The molecule has 0 atom stereocenters. The molecule has 0 aliphatic heterocycles. The molecule has 8 nitrogen and oxygen atoms in total. The minimum Gasteiger partial charge on any atom is -0.480 e. The third-order valence-electron chi connectivity index (χ3n) is 2.32. The van der Waals surface area contributed by atoms with E-state index in [0.29, 0.717) is 5.69 Å². The third kappa shape index (κ3) is 4.84. The van der Waals surface area contributed by atoms with Gasteiger partial charge in [0.2, 0.25) is 0 Å². The topological polar surface area (TPSA) is 111 Å². The van der Waals surface area contributed by atoms with Crippen molar-refractivity contribution in [3.8, 4) is 0 Å². The van der Waals surface area contributed by atoms with Crippen molar-refractivity contribution in [2.75, 3.05) is 20.1 Å². The molecule has 0 radical (unpaired) electrons. The third-order valence-corrected chi connectivity index (χ3v) is 3.14. The molecule has 0 unspecified atom stereocenters. The number of carboxylic acid groups (broad SMARTS) is 2. The van der Waals surface area contributed by atoms with Gasteiger partial charge < -0.3 is 20.0 Å².